The van der Waals surface area contributed by atoms with Crippen molar-refractivity contribution < 1.29 is 5.11 Å². The van der Waals surface area contributed by atoms with Gasteiger partial charge in [-0.2, -0.15) is 0 Å². The molecule has 0 amide bonds. The van der Waals surface area contributed by atoms with Crippen molar-refractivity contribution >= 4 is 5.69 Å². The monoisotopic (exact) mass is 276 g/mol. The minimum absolute atomic E-state index is 0.228. The van der Waals surface area contributed by atoms with Crippen LogP contribution in [0.15, 0.2) is 24.3 Å². The first-order valence-electron chi connectivity index (χ1n) is 8.03. The highest BCUT2D eigenvalue weighted by molar-refractivity contribution is 5.54. The third-order valence-corrected chi connectivity index (χ3v) is 4.22. The van der Waals surface area contributed by atoms with Crippen molar-refractivity contribution in [3.63, 3.8) is 0 Å². The van der Waals surface area contributed by atoms with E-state index in [9.17, 15) is 5.11 Å². The van der Waals surface area contributed by atoms with E-state index in [4.69, 9.17) is 0 Å². The molecule has 0 spiro atoms. The van der Waals surface area contributed by atoms with Crippen LogP contribution < -0.4 is 10.2 Å². The number of hydrogen-bond donors (Lipinski definition) is 2. The van der Waals surface area contributed by atoms with Crippen LogP contribution in [0.2, 0.25) is 0 Å². The van der Waals surface area contributed by atoms with Gasteiger partial charge in [-0.3, -0.25) is 0 Å². The van der Waals surface area contributed by atoms with Crippen molar-refractivity contribution in [2.75, 3.05) is 24.6 Å². The van der Waals surface area contributed by atoms with Crippen molar-refractivity contribution in [2.24, 2.45) is 0 Å². The molecule has 3 nitrogen and oxygen atoms in total. The van der Waals surface area contributed by atoms with Gasteiger partial charge in [0.05, 0.1) is 6.61 Å². The molecule has 20 heavy (non-hydrogen) atoms. The largest absolute Gasteiger partial charge is 0.395 e. The first-order valence-corrected chi connectivity index (χ1v) is 8.03. The average Bonchev–Trinajstić information content (AvgIpc) is 2.52. The fourth-order valence-corrected chi connectivity index (χ4v) is 3.20. The van der Waals surface area contributed by atoms with Gasteiger partial charge >= 0.3 is 0 Å². The van der Waals surface area contributed by atoms with E-state index >= 15 is 0 Å². The Kier molecular flexibility index (Phi) is 6.34. The van der Waals surface area contributed by atoms with Crippen molar-refractivity contribution in [3.8, 4) is 0 Å². The molecule has 0 atom stereocenters. The van der Waals surface area contributed by atoms with Gasteiger partial charge in [0, 0.05) is 24.8 Å². The van der Waals surface area contributed by atoms with Crippen LogP contribution in [0.4, 0.5) is 5.69 Å². The molecule has 0 heterocycles. The summed E-state index contributed by atoms with van der Waals surface area (Å²) in [5, 5.41) is 12.9. The van der Waals surface area contributed by atoms with Gasteiger partial charge in [0.1, 0.15) is 0 Å². The van der Waals surface area contributed by atoms with E-state index in [2.05, 4.69) is 41.4 Å². The van der Waals surface area contributed by atoms with Gasteiger partial charge in [-0.25, -0.2) is 0 Å². The van der Waals surface area contributed by atoms with Crippen LogP contribution >= 0.6 is 0 Å². The molecule has 1 saturated carbocycles. The number of anilines is 1. The lowest BCUT2D eigenvalue weighted by atomic mass is 9.93. The molecule has 0 unspecified atom stereocenters. The quantitative estimate of drug-likeness (QED) is 0.804. The van der Waals surface area contributed by atoms with Crippen LogP contribution in [0.5, 0.6) is 0 Å². The van der Waals surface area contributed by atoms with Gasteiger partial charge in [0.15, 0.2) is 0 Å². The van der Waals surface area contributed by atoms with Crippen LogP contribution in [-0.4, -0.2) is 30.8 Å². The smallest absolute Gasteiger partial charge is 0.0606 e. The van der Waals surface area contributed by atoms with Gasteiger partial charge < -0.3 is 15.3 Å². The summed E-state index contributed by atoms with van der Waals surface area (Å²) in [7, 11) is 0. The van der Waals surface area contributed by atoms with Gasteiger partial charge in [-0.05, 0) is 31.0 Å². The summed E-state index contributed by atoms with van der Waals surface area (Å²) >= 11 is 0. The van der Waals surface area contributed by atoms with E-state index in [1.165, 1.54) is 43.4 Å². The summed E-state index contributed by atoms with van der Waals surface area (Å²) in [4.78, 5) is 2.44. The molecule has 1 fully saturated rings. The zero-order valence-electron chi connectivity index (χ0n) is 12.6. The predicted octanol–water partition coefficient (Wildman–Crippen LogP) is 2.93. The lowest BCUT2D eigenvalue weighted by molar-refractivity contribution is 0.290. The molecule has 1 aromatic rings. The van der Waals surface area contributed by atoms with Gasteiger partial charge in [0.25, 0.3) is 0 Å². The van der Waals surface area contributed by atoms with E-state index in [0.717, 1.165) is 19.6 Å². The molecule has 3 heteroatoms. The maximum Gasteiger partial charge on any atom is 0.0606 e. The second kappa shape index (κ2) is 8.28. The Hall–Kier alpha value is -1.06. The fraction of sp³-hybridized carbons (Fsp3) is 0.647. The van der Waals surface area contributed by atoms with Crippen molar-refractivity contribution in [1.29, 1.82) is 0 Å². The molecular weight excluding hydrogens is 248 g/mol. The first kappa shape index (κ1) is 15.3. The molecular formula is C17H28N2O. The van der Waals surface area contributed by atoms with E-state index in [1.54, 1.807) is 0 Å². The topological polar surface area (TPSA) is 35.5 Å². The maximum atomic E-state index is 9.44. The summed E-state index contributed by atoms with van der Waals surface area (Å²) in [6.45, 7) is 4.99. The third-order valence-electron chi connectivity index (χ3n) is 4.22. The second-order valence-electron chi connectivity index (χ2n) is 5.62. The minimum atomic E-state index is 0.228. The predicted molar refractivity (Wildman–Crippen MR) is 85.1 cm³/mol. The standard InChI is InChI=1S/C17H28N2O/c1-2-18-14-15-8-6-7-11-17(15)19(12-13-20)16-9-4-3-5-10-16/h6-8,11,16,18,20H,2-5,9-10,12-14H2,1H3. The molecule has 2 N–H and O–H groups in total. The highest BCUT2D eigenvalue weighted by atomic mass is 16.3. The zero-order chi connectivity index (χ0) is 14.2. The Labute approximate surface area is 123 Å². The number of nitrogens with one attached hydrogen (secondary N) is 1. The van der Waals surface area contributed by atoms with Crippen molar-refractivity contribution in [2.45, 2.75) is 51.6 Å². The van der Waals surface area contributed by atoms with Crippen molar-refractivity contribution in [3.05, 3.63) is 29.8 Å². The lowest BCUT2D eigenvalue weighted by Gasteiger charge is -2.37. The van der Waals surface area contributed by atoms with Crippen LogP contribution in [-0.2, 0) is 6.54 Å². The minimum Gasteiger partial charge on any atom is -0.395 e. The van der Waals surface area contributed by atoms with E-state index in [-0.39, 0.29) is 6.61 Å². The van der Waals surface area contributed by atoms with Crippen molar-refractivity contribution in [1.82, 2.24) is 5.32 Å². The van der Waals surface area contributed by atoms with E-state index in [0.29, 0.717) is 6.04 Å². The third kappa shape index (κ3) is 3.97. The first-order chi connectivity index (χ1) is 9.86. The average molecular weight is 276 g/mol. The normalized spacial score (nSPS) is 16.3. The summed E-state index contributed by atoms with van der Waals surface area (Å²) in [5.74, 6) is 0. The molecule has 1 aliphatic rings. The molecule has 0 radical (unpaired) electrons. The highest BCUT2D eigenvalue weighted by Crippen LogP contribution is 2.29. The number of benzene rings is 1. The maximum absolute atomic E-state index is 9.44. The molecule has 0 bridgehead atoms. The Morgan fingerprint density at radius 3 is 2.65 bits per heavy atom. The van der Waals surface area contributed by atoms with Gasteiger partial charge in [0.2, 0.25) is 0 Å². The fourth-order valence-electron chi connectivity index (χ4n) is 3.20. The lowest BCUT2D eigenvalue weighted by Crippen LogP contribution is -2.39. The molecule has 0 saturated heterocycles. The summed E-state index contributed by atoms with van der Waals surface area (Å²) in [6, 6.07) is 9.22. The Balaban J connectivity index is 2.18. The Morgan fingerprint density at radius 2 is 1.95 bits per heavy atom. The molecule has 112 valence electrons. The molecule has 0 aromatic heterocycles. The Bertz CT molecular complexity index is 388. The van der Waals surface area contributed by atoms with Crippen LogP contribution in [0, 0.1) is 0 Å². The van der Waals surface area contributed by atoms with Crippen LogP contribution in [0.1, 0.15) is 44.6 Å². The molecule has 1 aliphatic carbocycles. The number of hydrogen-bond acceptors (Lipinski definition) is 3. The second-order valence-corrected chi connectivity index (χ2v) is 5.62. The summed E-state index contributed by atoms with van der Waals surface area (Å²) in [6.07, 6.45) is 6.53. The van der Waals surface area contributed by atoms with Gasteiger partial charge in [-0.1, -0.05) is 44.4 Å². The van der Waals surface area contributed by atoms with Crippen LogP contribution in [0.3, 0.4) is 0 Å². The highest BCUT2D eigenvalue weighted by Gasteiger charge is 2.22. The summed E-state index contributed by atoms with van der Waals surface area (Å²) < 4.78 is 0. The Morgan fingerprint density at radius 1 is 1.20 bits per heavy atom. The number of aliphatic hydroxyl groups is 1. The molecule has 0 aliphatic heterocycles. The number of nitrogens with zero attached hydrogens (tertiary/aromatic N) is 1. The SMILES string of the molecule is CCNCc1ccccc1N(CCO)C1CCCCC1. The molecule has 2 rings (SSSR count). The van der Waals surface area contributed by atoms with E-state index in [1.807, 2.05) is 0 Å². The zero-order valence-corrected chi connectivity index (χ0v) is 12.6. The molecule has 1 aromatic carbocycles. The number of para-hydroxylation sites is 1. The summed E-state index contributed by atoms with van der Waals surface area (Å²) in [5.41, 5.74) is 2.64. The number of rotatable bonds is 7. The van der Waals surface area contributed by atoms with Crippen LogP contribution in [0.25, 0.3) is 0 Å². The van der Waals surface area contributed by atoms with Gasteiger partial charge in [-0.15, -0.1) is 0 Å². The number of aliphatic hydroxyl groups excluding tert-OH is 1. The van der Waals surface area contributed by atoms with E-state index < -0.39 is 0 Å².